The summed E-state index contributed by atoms with van der Waals surface area (Å²) in [5, 5.41) is 4.17. The molecule has 1 aliphatic carbocycles. The fraction of sp³-hybridized carbons (Fsp3) is 0.286. The average Bonchev–Trinajstić information content (AvgIpc) is 3.43. The van der Waals surface area contributed by atoms with Crippen molar-refractivity contribution in [3.05, 3.63) is 66.6 Å². The summed E-state index contributed by atoms with van der Waals surface area (Å²) in [6, 6.07) is 13.2. The molecule has 0 bridgehead atoms. The van der Waals surface area contributed by atoms with E-state index < -0.39 is 0 Å². The Morgan fingerprint density at radius 3 is 2.56 bits per heavy atom. The first-order chi connectivity index (χ1) is 13.2. The highest BCUT2D eigenvalue weighted by Crippen LogP contribution is 2.37. The summed E-state index contributed by atoms with van der Waals surface area (Å²) in [5.41, 5.74) is 1.44. The zero-order valence-electron chi connectivity index (χ0n) is 15.4. The number of hydrogen-bond donors (Lipinski definition) is 0. The second kappa shape index (κ2) is 7.23. The minimum Gasteiger partial charge on any atom is -0.497 e. The van der Waals surface area contributed by atoms with E-state index in [-0.39, 0.29) is 11.9 Å². The van der Waals surface area contributed by atoms with E-state index in [0.717, 1.165) is 24.3 Å². The number of carbonyl (C=O) groups is 1. The first-order valence-electron chi connectivity index (χ1n) is 9.11. The van der Waals surface area contributed by atoms with Crippen molar-refractivity contribution in [1.82, 2.24) is 14.8 Å². The lowest BCUT2D eigenvalue weighted by molar-refractivity contribution is 0.0975. The van der Waals surface area contributed by atoms with E-state index in [4.69, 9.17) is 4.74 Å². The standard InChI is InChI=1S/C21H22N4O2/c1-15(16-4-5-16)25(18-7-9-19(27-2)10-8-18)21(26)17-6-11-20(22-14-17)24-13-3-12-23-24/h3,6-16H,4-5H2,1-2H3/t15-/m0/s1. The molecule has 0 aliphatic heterocycles. The zero-order valence-corrected chi connectivity index (χ0v) is 15.4. The predicted molar refractivity (Wildman–Crippen MR) is 103 cm³/mol. The Bertz CT molecular complexity index is 900. The Morgan fingerprint density at radius 1 is 1.22 bits per heavy atom. The summed E-state index contributed by atoms with van der Waals surface area (Å²) in [7, 11) is 1.64. The lowest BCUT2D eigenvalue weighted by Gasteiger charge is -2.29. The van der Waals surface area contributed by atoms with Gasteiger partial charge in [-0.3, -0.25) is 4.79 Å². The third kappa shape index (κ3) is 3.56. The SMILES string of the molecule is COc1ccc(N(C(=O)c2ccc(-n3cccn3)nc2)[C@@H](C)C2CC2)cc1. The van der Waals surface area contributed by atoms with Gasteiger partial charge in [-0.05, 0) is 68.1 Å². The molecular weight excluding hydrogens is 340 g/mol. The minimum atomic E-state index is -0.0425. The molecule has 0 spiro atoms. The lowest BCUT2D eigenvalue weighted by atomic mass is 10.1. The van der Waals surface area contributed by atoms with Crippen molar-refractivity contribution in [2.24, 2.45) is 5.92 Å². The zero-order chi connectivity index (χ0) is 18.8. The van der Waals surface area contributed by atoms with Crippen LogP contribution in [-0.4, -0.2) is 33.8 Å². The van der Waals surface area contributed by atoms with Gasteiger partial charge in [-0.25, -0.2) is 9.67 Å². The summed E-state index contributed by atoms with van der Waals surface area (Å²) in [5.74, 6) is 1.96. The third-order valence-electron chi connectivity index (χ3n) is 5.01. The van der Waals surface area contributed by atoms with Gasteiger partial charge in [0.05, 0.1) is 12.7 Å². The molecule has 4 rings (SSSR count). The second-order valence-corrected chi connectivity index (χ2v) is 6.81. The Labute approximate surface area is 158 Å². The molecule has 27 heavy (non-hydrogen) atoms. The fourth-order valence-electron chi connectivity index (χ4n) is 3.26. The van der Waals surface area contributed by atoms with E-state index in [0.29, 0.717) is 17.3 Å². The van der Waals surface area contributed by atoms with Gasteiger partial charge in [-0.2, -0.15) is 5.10 Å². The number of benzene rings is 1. The molecule has 138 valence electrons. The number of carbonyl (C=O) groups excluding carboxylic acids is 1. The van der Waals surface area contributed by atoms with Crippen molar-refractivity contribution in [2.75, 3.05) is 12.0 Å². The number of rotatable bonds is 6. The van der Waals surface area contributed by atoms with Gasteiger partial charge in [0, 0.05) is 30.3 Å². The highest BCUT2D eigenvalue weighted by molar-refractivity contribution is 6.06. The molecule has 0 unspecified atom stereocenters. The predicted octanol–water partition coefficient (Wildman–Crippen LogP) is 3.72. The molecule has 6 heteroatoms. The minimum absolute atomic E-state index is 0.0425. The molecule has 0 radical (unpaired) electrons. The third-order valence-corrected chi connectivity index (χ3v) is 5.01. The molecule has 1 fully saturated rings. The number of methoxy groups -OCH3 is 1. The monoisotopic (exact) mass is 362 g/mol. The number of amides is 1. The van der Waals surface area contributed by atoms with Gasteiger partial charge < -0.3 is 9.64 Å². The van der Waals surface area contributed by atoms with Crippen LogP contribution >= 0.6 is 0 Å². The number of aromatic nitrogens is 3. The van der Waals surface area contributed by atoms with Crippen molar-refractivity contribution in [3.63, 3.8) is 0 Å². The summed E-state index contributed by atoms with van der Waals surface area (Å²) in [6.45, 7) is 2.12. The van der Waals surface area contributed by atoms with Crippen LogP contribution in [0.5, 0.6) is 5.75 Å². The highest BCUT2D eigenvalue weighted by Gasteiger charge is 2.35. The van der Waals surface area contributed by atoms with Gasteiger partial charge in [-0.15, -0.1) is 0 Å². The van der Waals surface area contributed by atoms with Gasteiger partial charge in [0.15, 0.2) is 5.82 Å². The second-order valence-electron chi connectivity index (χ2n) is 6.81. The van der Waals surface area contributed by atoms with Crippen LogP contribution in [0.4, 0.5) is 5.69 Å². The fourth-order valence-corrected chi connectivity index (χ4v) is 3.26. The number of hydrogen-bond acceptors (Lipinski definition) is 4. The summed E-state index contributed by atoms with van der Waals surface area (Å²) in [4.78, 5) is 19.6. The number of anilines is 1. The van der Waals surface area contributed by atoms with Crippen LogP contribution in [0.3, 0.4) is 0 Å². The Morgan fingerprint density at radius 2 is 2.00 bits per heavy atom. The first-order valence-corrected chi connectivity index (χ1v) is 9.11. The van der Waals surface area contributed by atoms with Crippen LogP contribution in [0.2, 0.25) is 0 Å². The molecule has 1 saturated carbocycles. The van der Waals surface area contributed by atoms with Crippen LogP contribution in [0.15, 0.2) is 61.1 Å². The molecule has 0 N–H and O–H groups in total. The van der Waals surface area contributed by atoms with E-state index >= 15 is 0 Å². The van der Waals surface area contributed by atoms with Crippen LogP contribution in [0, 0.1) is 5.92 Å². The molecule has 1 aliphatic rings. The lowest BCUT2D eigenvalue weighted by Crippen LogP contribution is -2.40. The normalized spacial score (nSPS) is 14.6. The topological polar surface area (TPSA) is 60.2 Å². The van der Waals surface area contributed by atoms with E-state index in [1.54, 1.807) is 24.2 Å². The van der Waals surface area contributed by atoms with Crippen LogP contribution in [0.25, 0.3) is 5.82 Å². The number of ether oxygens (including phenoxy) is 1. The van der Waals surface area contributed by atoms with Gasteiger partial charge >= 0.3 is 0 Å². The Hall–Kier alpha value is -3.15. The quantitative estimate of drug-likeness (QED) is 0.670. The average molecular weight is 362 g/mol. The van der Waals surface area contributed by atoms with Crippen LogP contribution < -0.4 is 9.64 Å². The van der Waals surface area contributed by atoms with Crippen molar-refractivity contribution in [2.45, 2.75) is 25.8 Å². The van der Waals surface area contributed by atoms with Crippen molar-refractivity contribution in [3.8, 4) is 11.6 Å². The molecule has 0 saturated heterocycles. The Balaban J connectivity index is 1.63. The van der Waals surface area contributed by atoms with Gasteiger partial charge in [0.25, 0.3) is 5.91 Å². The molecule has 2 aromatic heterocycles. The molecule has 6 nitrogen and oxygen atoms in total. The van der Waals surface area contributed by atoms with E-state index in [2.05, 4.69) is 17.0 Å². The summed E-state index contributed by atoms with van der Waals surface area (Å²) in [6.07, 6.45) is 7.47. The van der Waals surface area contributed by atoms with Crippen LogP contribution in [0.1, 0.15) is 30.1 Å². The largest absolute Gasteiger partial charge is 0.497 e. The Kier molecular flexibility index (Phi) is 4.62. The highest BCUT2D eigenvalue weighted by atomic mass is 16.5. The smallest absolute Gasteiger partial charge is 0.260 e. The van der Waals surface area contributed by atoms with Crippen molar-refractivity contribution >= 4 is 11.6 Å². The molecule has 1 amide bonds. The van der Waals surface area contributed by atoms with Crippen molar-refractivity contribution in [1.29, 1.82) is 0 Å². The molecule has 3 aromatic rings. The van der Waals surface area contributed by atoms with Crippen molar-refractivity contribution < 1.29 is 9.53 Å². The molecule has 1 aromatic carbocycles. The first kappa shape index (κ1) is 17.3. The maximum Gasteiger partial charge on any atom is 0.260 e. The summed E-state index contributed by atoms with van der Waals surface area (Å²) < 4.78 is 6.91. The summed E-state index contributed by atoms with van der Waals surface area (Å²) >= 11 is 0. The molecule has 1 atom stereocenters. The number of nitrogens with zero attached hydrogens (tertiary/aromatic N) is 4. The maximum atomic E-state index is 13.3. The number of pyridine rings is 1. The maximum absolute atomic E-state index is 13.3. The van der Waals surface area contributed by atoms with Gasteiger partial charge in [0.1, 0.15) is 5.75 Å². The van der Waals surface area contributed by atoms with E-state index in [9.17, 15) is 4.79 Å². The van der Waals surface area contributed by atoms with E-state index in [1.807, 2.05) is 53.6 Å². The molecular formula is C21H22N4O2. The molecule has 2 heterocycles. The van der Waals surface area contributed by atoms with E-state index in [1.165, 1.54) is 0 Å². The van der Waals surface area contributed by atoms with Gasteiger partial charge in [-0.1, -0.05) is 0 Å². The van der Waals surface area contributed by atoms with Crippen LogP contribution in [-0.2, 0) is 0 Å². The van der Waals surface area contributed by atoms with Gasteiger partial charge in [0.2, 0.25) is 0 Å².